The van der Waals surface area contributed by atoms with Crippen LogP contribution in [-0.4, -0.2) is 5.12 Å². The molecule has 0 aromatic heterocycles. The minimum Gasteiger partial charge on any atom is -0.258 e. The number of aliphatic imine (C=N–C) groups is 1. The van der Waals surface area contributed by atoms with Gasteiger partial charge in [0.15, 0.2) is 0 Å². The van der Waals surface area contributed by atoms with E-state index in [9.17, 15) is 0 Å². The molecule has 0 bridgehead atoms. The predicted molar refractivity (Wildman–Crippen MR) is 32.2 cm³/mol. The molecular weight excluding hydrogens is 142 g/mol. The lowest BCUT2D eigenvalue weighted by atomic mass is 10.7. The van der Waals surface area contributed by atoms with Gasteiger partial charge in [-0.05, 0) is 22.9 Å². The summed E-state index contributed by atoms with van der Waals surface area (Å²) in [7, 11) is 0. The van der Waals surface area contributed by atoms with E-state index in [0.29, 0.717) is 0 Å². The predicted octanol–water partition coefficient (Wildman–Crippen LogP) is 1.94. The highest BCUT2D eigenvalue weighted by Gasteiger charge is 1.49. The number of allylic oxidation sites excluding steroid dienone is 1. The van der Waals surface area contributed by atoms with Crippen molar-refractivity contribution in [1.29, 1.82) is 0 Å². The van der Waals surface area contributed by atoms with Gasteiger partial charge in [0.2, 0.25) is 0 Å². The third kappa shape index (κ3) is 3.89. The highest BCUT2D eigenvalue weighted by Crippen LogP contribution is 1.73. The van der Waals surface area contributed by atoms with E-state index in [0.717, 1.165) is 0 Å². The Bertz CT molecular complexity index is 55.9. The van der Waals surface area contributed by atoms with Gasteiger partial charge >= 0.3 is 0 Å². The van der Waals surface area contributed by atoms with Crippen molar-refractivity contribution in [2.24, 2.45) is 4.99 Å². The van der Waals surface area contributed by atoms with Gasteiger partial charge in [0.1, 0.15) is 0 Å². The van der Waals surface area contributed by atoms with Gasteiger partial charge in [0, 0.05) is 6.20 Å². The summed E-state index contributed by atoms with van der Waals surface area (Å²) in [6.07, 6.45) is 3.56. The fourth-order valence-corrected chi connectivity index (χ4v) is 0.255. The second kappa shape index (κ2) is 4.89. The molecule has 34 valence electrons. The average molecular weight is 148 g/mol. The van der Waals surface area contributed by atoms with E-state index >= 15 is 0 Å². The van der Waals surface area contributed by atoms with Crippen LogP contribution in [0.25, 0.3) is 0 Å². The fourth-order valence-electron chi connectivity index (χ4n) is 0.119. The van der Waals surface area contributed by atoms with E-state index in [2.05, 4.69) is 20.9 Å². The van der Waals surface area contributed by atoms with Crippen LogP contribution in [0.5, 0.6) is 0 Å². The van der Waals surface area contributed by atoms with Crippen molar-refractivity contribution in [2.75, 3.05) is 0 Å². The Kier molecular flexibility index (Phi) is 4.80. The number of nitrogens with zero attached hydrogens (tertiary/aromatic N) is 1. The molecule has 0 aromatic carbocycles. The molecule has 0 saturated carbocycles. The number of halogens is 1. The minimum absolute atomic E-state index is 1.56. The first-order chi connectivity index (χ1) is 2.91. The topological polar surface area (TPSA) is 12.4 Å². The highest BCUT2D eigenvalue weighted by molar-refractivity contribution is 9.17. The first-order valence-electron chi connectivity index (χ1n) is 1.65. The molecule has 0 N–H and O–H groups in total. The molecule has 0 saturated heterocycles. The van der Waals surface area contributed by atoms with Gasteiger partial charge < -0.3 is 0 Å². The van der Waals surface area contributed by atoms with Crippen LogP contribution < -0.4 is 0 Å². The zero-order chi connectivity index (χ0) is 4.83. The van der Waals surface area contributed by atoms with Crippen LogP contribution in [0.3, 0.4) is 0 Å². The van der Waals surface area contributed by atoms with E-state index in [1.54, 1.807) is 11.3 Å². The summed E-state index contributed by atoms with van der Waals surface area (Å²) in [5.41, 5.74) is 0. The van der Waals surface area contributed by atoms with E-state index in [1.165, 1.54) is 0 Å². The second-order valence-corrected chi connectivity index (χ2v) is 1.14. The average Bonchev–Trinajstić information content (AvgIpc) is 1.61. The molecular formula is C4H6BrN. The van der Waals surface area contributed by atoms with Crippen molar-refractivity contribution in [2.45, 2.75) is 6.92 Å². The first kappa shape index (κ1) is 5.89. The molecule has 1 nitrogen and oxygen atoms in total. The number of hydrogen-bond donors (Lipinski definition) is 0. The Morgan fingerprint density at radius 2 is 2.33 bits per heavy atom. The Morgan fingerprint density at radius 1 is 1.67 bits per heavy atom. The largest absolute Gasteiger partial charge is 0.258 e. The molecule has 0 atom stereocenters. The van der Waals surface area contributed by atoms with Crippen LogP contribution in [0.2, 0.25) is 0 Å². The standard InChI is InChI=1S/C4H6BrN/c1-2-3-6-4-5/h2-4H,1H3/b3-2+,6-4?. The van der Waals surface area contributed by atoms with Crippen molar-refractivity contribution in [3.8, 4) is 0 Å². The van der Waals surface area contributed by atoms with E-state index in [1.807, 2.05) is 13.0 Å². The van der Waals surface area contributed by atoms with Gasteiger partial charge in [-0.2, -0.15) is 0 Å². The van der Waals surface area contributed by atoms with E-state index < -0.39 is 0 Å². The quantitative estimate of drug-likeness (QED) is 0.504. The number of rotatable bonds is 1. The molecule has 0 rings (SSSR count). The normalized spacial score (nSPS) is 11.7. The van der Waals surface area contributed by atoms with Crippen LogP contribution >= 0.6 is 15.9 Å². The van der Waals surface area contributed by atoms with Crippen molar-refractivity contribution >= 4 is 21.1 Å². The maximum absolute atomic E-state index is 3.70. The summed E-state index contributed by atoms with van der Waals surface area (Å²) in [5, 5.41) is 1.56. The molecule has 0 aliphatic heterocycles. The van der Waals surface area contributed by atoms with Crippen LogP contribution in [-0.2, 0) is 0 Å². The summed E-state index contributed by atoms with van der Waals surface area (Å²) in [6.45, 7) is 1.92. The Balaban J connectivity index is 3.07. The van der Waals surface area contributed by atoms with Crippen LogP contribution in [0.1, 0.15) is 6.92 Å². The van der Waals surface area contributed by atoms with Crippen LogP contribution in [0, 0.1) is 0 Å². The lowest BCUT2D eigenvalue weighted by molar-refractivity contribution is 1.56. The van der Waals surface area contributed by atoms with Gasteiger partial charge in [-0.15, -0.1) is 0 Å². The van der Waals surface area contributed by atoms with Gasteiger partial charge in [-0.3, -0.25) is 4.99 Å². The van der Waals surface area contributed by atoms with Gasteiger partial charge in [0.25, 0.3) is 0 Å². The van der Waals surface area contributed by atoms with E-state index in [-0.39, 0.29) is 0 Å². The molecule has 6 heavy (non-hydrogen) atoms. The number of hydrogen-bond acceptors (Lipinski definition) is 1. The smallest absolute Gasteiger partial charge is 0.0696 e. The summed E-state index contributed by atoms with van der Waals surface area (Å²) in [6, 6.07) is 0. The third-order valence-corrected chi connectivity index (χ3v) is 0.528. The molecule has 0 unspecified atom stereocenters. The second-order valence-electron chi connectivity index (χ2n) is 0.729. The Hall–Kier alpha value is -0.110. The van der Waals surface area contributed by atoms with Crippen molar-refractivity contribution in [1.82, 2.24) is 0 Å². The molecule has 2 heteroatoms. The van der Waals surface area contributed by atoms with Crippen molar-refractivity contribution < 1.29 is 0 Å². The van der Waals surface area contributed by atoms with Crippen LogP contribution in [0.4, 0.5) is 0 Å². The van der Waals surface area contributed by atoms with Gasteiger partial charge in [0.05, 0.1) is 5.12 Å². The lowest BCUT2D eigenvalue weighted by Crippen LogP contribution is -1.44. The molecule has 0 spiro atoms. The molecule has 0 heterocycles. The first-order valence-corrected chi connectivity index (χ1v) is 2.56. The third-order valence-electron chi connectivity index (χ3n) is 0.291. The molecule has 0 aliphatic carbocycles. The molecule has 0 fully saturated rings. The monoisotopic (exact) mass is 147 g/mol. The molecule has 0 radical (unpaired) electrons. The fraction of sp³-hybridized carbons (Fsp3) is 0.250. The van der Waals surface area contributed by atoms with Crippen LogP contribution in [0.15, 0.2) is 17.3 Å². The summed E-state index contributed by atoms with van der Waals surface area (Å²) in [5.74, 6) is 0. The molecule has 0 aromatic rings. The summed E-state index contributed by atoms with van der Waals surface area (Å²) >= 11 is 3.01. The Morgan fingerprint density at radius 3 is 2.50 bits per heavy atom. The summed E-state index contributed by atoms with van der Waals surface area (Å²) in [4.78, 5) is 3.70. The zero-order valence-corrected chi connectivity index (χ0v) is 5.14. The zero-order valence-electron chi connectivity index (χ0n) is 3.56. The minimum atomic E-state index is 1.56. The van der Waals surface area contributed by atoms with Gasteiger partial charge in [-0.1, -0.05) is 6.08 Å². The van der Waals surface area contributed by atoms with E-state index in [4.69, 9.17) is 0 Å². The maximum Gasteiger partial charge on any atom is 0.0696 e. The molecule has 0 amide bonds. The lowest BCUT2D eigenvalue weighted by Gasteiger charge is -1.63. The highest BCUT2D eigenvalue weighted by atomic mass is 79.9. The molecule has 0 aliphatic rings. The van der Waals surface area contributed by atoms with Crippen molar-refractivity contribution in [3.05, 3.63) is 12.3 Å². The summed E-state index contributed by atoms with van der Waals surface area (Å²) < 4.78 is 0. The SMILES string of the molecule is C/C=C/N=CBr. The Labute approximate surface area is 45.9 Å². The van der Waals surface area contributed by atoms with Crippen molar-refractivity contribution in [3.63, 3.8) is 0 Å². The van der Waals surface area contributed by atoms with Gasteiger partial charge in [-0.25, -0.2) is 0 Å². The maximum atomic E-state index is 3.70.